The number of H-pyrrole nitrogens is 1. The molecule has 4 rings (SSSR count). The molecule has 3 N–H and O–H groups in total. The van der Waals surface area contributed by atoms with E-state index in [0.717, 1.165) is 11.6 Å². The van der Waals surface area contributed by atoms with E-state index in [0.29, 0.717) is 16.6 Å². The van der Waals surface area contributed by atoms with Crippen molar-refractivity contribution in [2.24, 2.45) is 0 Å². The molecule has 0 amide bonds. The van der Waals surface area contributed by atoms with E-state index in [1.807, 2.05) is 31.2 Å². The molecule has 2 heterocycles. The van der Waals surface area contributed by atoms with E-state index in [-0.39, 0.29) is 22.7 Å². The zero-order valence-corrected chi connectivity index (χ0v) is 14.0. The Morgan fingerprint density at radius 3 is 2.41 bits per heavy atom. The van der Waals surface area contributed by atoms with Crippen LogP contribution in [0.2, 0.25) is 0 Å². The summed E-state index contributed by atoms with van der Waals surface area (Å²) in [5, 5.41) is 14.2. The van der Waals surface area contributed by atoms with Gasteiger partial charge >= 0.3 is 6.18 Å². The zero-order valence-electron chi connectivity index (χ0n) is 14.0. The average molecular weight is 370 g/mol. The molecule has 4 aromatic rings. The van der Waals surface area contributed by atoms with Crippen LogP contribution in [-0.2, 0) is 6.18 Å². The number of anilines is 1. The molecule has 0 aliphatic heterocycles. The average Bonchev–Trinajstić information content (AvgIpc) is 3.09. The van der Waals surface area contributed by atoms with Gasteiger partial charge in [-0.3, -0.25) is 5.10 Å². The van der Waals surface area contributed by atoms with E-state index in [9.17, 15) is 13.2 Å². The second kappa shape index (κ2) is 6.04. The van der Waals surface area contributed by atoms with Crippen molar-refractivity contribution in [1.29, 1.82) is 0 Å². The molecule has 0 aliphatic carbocycles. The number of fused-ring (bicyclic) bond motifs is 1. The van der Waals surface area contributed by atoms with Gasteiger partial charge in [0.1, 0.15) is 11.4 Å². The molecule has 0 unspecified atom stereocenters. The second-order valence-electron chi connectivity index (χ2n) is 6.09. The predicted molar refractivity (Wildman–Crippen MR) is 94.5 cm³/mol. The van der Waals surface area contributed by atoms with Gasteiger partial charge in [-0.25, -0.2) is 4.98 Å². The third kappa shape index (κ3) is 3.07. The minimum Gasteiger partial charge on any atom is -0.366 e. The molecule has 0 radical (unpaired) electrons. The highest BCUT2D eigenvalue weighted by molar-refractivity contribution is 5.89. The highest BCUT2D eigenvalue weighted by atomic mass is 19.4. The number of nitrogens with two attached hydrogens (primary N) is 1. The van der Waals surface area contributed by atoms with Crippen LogP contribution in [0.15, 0.2) is 42.6 Å². The van der Waals surface area contributed by atoms with Crippen molar-refractivity contribution in [2.45, 2.75) is 13.1 Å². The van der Waals surface area contributed by atoms with Crippen molar-refractivity contribution in [3.8, 4) is 22.5 Å². The molecular weight excluding hydrogens is 357 g/mol. The third-order valence-electron chi connectivity index (χ3n) is 4.16. The molecule has 2 aromatic carbocycles. The Morgan fingerprint density at radius 2 is 1.70 bits per heavy atom. The second-order valence-corrected chi connectivity index (χ2v) is 6.09. The lowest BCUT2D eigenvalue weighted by molar-refractivity contribution is -0.136. The van der Waals surface area contributed by atoms with Gasteiger partial charge in [-0.15, -0.1) is 10.2 Å². The fourth-order valence-electron chi connectivity index (χ4n) is 2.86. The van der Waals surface area contributed by atoms with E-state index in [1.165, 1.54) is 6.20 Å². The van der Waals surface area contributed by atoms with Crippen molar-refractivity contribution in [2.75, 3.05) is 5.73 Å². The van der Waals surface area contributed by atoms with E-state index in [2.05, 4.69) is 25.4 Å². The lowest BCUT2D eigenvalue weighted by Crippen LogP contribution is -2.07. The van der Waals surface area contributed by atoms with E-state index in [1.54, 1.807) is 6.07 Å². The van der Waals surface area contributed by atoms with Gasteiger partial charge in [-0.2, -0.15) is 18.3 Å². The SMILES string of the molecule is Cc1ccc(-c2nc(N)nnc2-c2cc(C(F)(F)F)c3[nH]ncc3c2)cc1. The zero-order chi connectivity index (χ0) is 19.2. The fraction of sp³-hybridized carbons (Fsp3) is 0.111. The van der Waals surface area contributed by atoms with Crippen LogP contribution in [0.1, 0.15) is 11.1 Å². The van der Waals surface area contributed by atoms with Gasteiger partial charge in [-0.05, 0) is 19.1 Å². The molecule has 0 fully saturated rings. The van der Waals surface area contributed by atoms with E-state index < -0.39 is 11.7 Å². The number of halogens is 3. The monoisotopic (exact) mass is 370 g/mol. The number of nitrogens with one attached hydrogen (secondary N) is 1. The molecule has 27 heavy (non-hydrogen) atoms. The summed E-state index contributed by atoms with van der Waals surface area (Å²) < 4.78 is 40.5. The van der Waals surface area contributed by atoms with Gasteiger partial charge in [0, 0.05) is 16.5 Å². The number of nitrogen functional groups attached to an aromatic ring is 1. The van der Waals surface area contributed by atoms with Crippen LogP contribution in [0.3, 0.4) is 0 Å². The first-order valence-corrected chi connectivity index (χ1v) is 7.95. The van der Waals surface area contributed by atoms with Crippen LogP contribution >= 0.6 is 0 Å². The number of alkyl halides is 3. The number of benzene rings is 2. The van der Waals surface area contributed by atoms with Crippen molar-refractivity contribution in [3.05, 3.63) is 53.7 Å². The Bertz CT molecular complexity index is 1130. The lowest BCUT2D eigenvalue weighted by atomic mass is 10.00. The van der Waals surface area contributed by atoms with Crippen LogP contribution in [0.5, 0.6) is 0 Å². The lowest BCUT2D eigenvalue weighted by Gasteiger charge is -2.12. The van der Waals surface area contributed by atoms with Gasteiger partial charge < -0.3 is 5.73 Å². The maximum absolute atomic E-state index is 13.5. The van der Waals surface area contributed by atoms with Crippen LogP contribution in [-0.4, -0.2) is 25.4 Å². The van der Waals surface area contributed by atoms with Crippen LogP contribution < -0.4 is 5.73 Å². The molecule has 9 heteroatoms. The molecule has 0 spiro atoms. The maximum Gasteiger partial charge on any atom is 0.418 e. The number of rotatable bonds is 2. The van der Waals surface area contributed by atoms with Crippen molar-refractivity contribution < 1.29 is 13.2 Å². The van der Waals surface area contributed by atoms with Crippen LogP contribution in [0.4, 0.5) is 19.1 Å². The minimum absolute atomic E-state index is 0.0604. The molecule has 0 atom stereocenters. The Balaban J connectivity index is 1.98. The molecular formula is C18H13F3N6. The summed E-state index contributed by atoms with van der Waals surface area (Å²) in [7, 11) is 0. The summed E-state index contributed by atoms with van der Waals surface area (Å²) in [5.74, 6) is -0.0604. The minimum atomic E-state index is -4.56. The van der Waals surface area contributed by atoms with Crippen LogP contribution in [0.25, 0.3) is 33.4 Å². The van der Waals surface area contributed by atoms with Gasteiger partial charge in [0.25, 0.3) is 0 Å². The summed E-state index contributed by atoms with van der Waals surface area (Å²) in [6.07, 6.45) is -3.22. The van der Waals surface area contributed by atoms with Gasteiger partial charge in [-0.1, -0.05) is 29.8 Å². The first kappa shape index (κ1) is 17.0. The van der Waals surface area contributed by atoms with E-state index >= 15 is 0 Å². The Labute approximate surface area is 151 Å². The summed E-state index contributed by atoms with van der Waals surface area (Å²) in [6.45, 7) is 1.93. The first-order chi connectivity index (χ1) is 12.8. The third-order valence-corrected chi connectivity index (χ3v) is 4.16. The highest BCUT2D eigenvalue weighted by Gasteiger charge is 2.34. The summed E-state index contributed by atoms with van der Waals surface area (Å²) in [6, 6.07) is 9.94. The quantitative estimate of drug-likeness (QED) is 0.556. The maximum atomic E-state index is 13.5. The molecule has 0 bridgehead atoms. The number of aromatic amines is 1. The Hall–Kier alpha value is -3.49. The number of aryl methyl sites for hydroxylation is 1. The Morgan fingerprint density at radius 1 is 0.963 bits per heavy atom. The topological polar surface area (TPSA) is 93.4 Å². The highest BCUT2D eigenvalue weighted by Crippen LogP contribution is 2.38. The summed E-state index contributed by atoms with van der Waals surface area (Å²) in [4.78, 5) is 4.21. The van der Waals surface area contributed by atoms with Gasteiger partial charge in [0.15, 0.2) is 0 Å². The molecule has 136 valence electrons. The number of aromatic nitrogens is 5. The summed E-state index contributed by atoms with van der Waals surface area (Å²) >= 11 is 0. The van der Waals surface area contributed by atoms with Gasteiger partial charge in [0.2, 0.25) is 5.95 Å². The number of hydrogen-bond acceptors (Lipinski definition) is 5. The summed E-state index contributed by atoms with van der Waals surface area (Å²) in [5.41, 5.74) is 7.26. The van der Waals surface area contributed by atoms with Crippen molar-refractivity contribution in [3.63, 3.8) is 0 Å². The van der Waals surface area contributed by atoms with E-state index in [4.69, 9.17) is 5.73 Å². The molecule has 0 saturated heterocycles. The van der Waals surface area contributed by atoms with Crippen molar-refractivity contribution >= 4 is 16.9 Å². The Kier molecular flexibility index (Phi) is 3.79. The normalized spacial score (nSPS) is 11.9. The van der Waals surface area contributed by atoms with Crippen LogP contribution in [0, 0.1) is 6.92 Å². The van der Waals surface area contributed by atoms with Gasteiger partial charge in [0.05, 0.1) is 17.3 Å². The molecule has 0 saturated carbocycles. The molecule has 6 nitrogen and oxygen atoms in total. The fourth-order valence-corrected chi connectivity index (χ4v) is 2.86. The largest absolute Gasteiger partial charge is 0.418 e. The standard InChI is InChI=1S/C18H13F3N6/c1-9-2-4-10(5-3-9)15-16(26-27-17(22)24-15)11-6-12-8-23-25-14(12)13(7-11)18(19,20)21/h2-8H,1H3,(H,23,25)(H2,22,24,27). The number of nitrogens with zero attached hydrogens (tertiary/aromatic N) is 4. The molecule has 0 aliphatic rings. The smallest absolute Gasteiger partial charge is 0.366 e. The number of hydrogen-bond donors (Lipinski definition) is 2. The first-order valence-electron chi connectivity index (χ1n) is 7.95. The predicted octanol–water partition coefficient (Wildman–Crippen LogP) is 3.99. The van der Waals surface area contributed by atoms with Crippen molar-refractivity contribution in [1.82, 2.24) is 25.4 Å². The molecule has 2 aromatic heterocycles.